The molecular weight excluding hydrogens is 134 g/mol. The highest BCUT2D eigenvalue weighted by molar-refractivity contribution is 5.06. The summed E-state index contributed by atoms with van der Waals surface area (Å²) in [6, 6.07) is 0.108. The predicted molar refractivity (Wildman–Crippen MR) is 50.2 cm³/mol. The van der Waals surface area contributed by atoms with E-state index in [0.29, 0.717) is 0 Å². The van der Waals surface area contributed by atoms with Gasteiger partial charge in [0, 0.05) is 6.42 Å². The minimum absolute atomic E-state index is 0.108. The molecule has 11 heavy (non-hydrogen) atoms. The van der Waals surface area contributed by atoms with Crippen LogP contribution in [-0.4, -0.2) is 6.04 Å². The van der Waals surface area contributed by atoms with Crippen molar-refractivity contribution in [3.8, 4) is 11.8 Å². The maximum Gasteiger partial charge on any atom is 0.0664 e. The molecular formula is C10H19N. The van der Waals surface area contributed by atoms with Gasteiger partial charge in [0.25, 0.3) is 0 Å². The summed E-state index contributed by atoms with van der Waals surface area (Å²) >= 11 is 0. The maximum atomic E-state index is 5.69. The number of unbranched alkanes of at least 4 members (excludes halogenated alkanes) is 2. The first-order valence-electron chi connectivity index (χ1n) is 4.55. The van der Waals surface area contributed by atoms with E-state index in [1.54, 1.807) is 0 Å². The molecule has 0 bridgehead atoms. The number of nitrogens with two attached hydrogens (primary N) is 1. The maximum absolute atomic E-state index is 5.69. The Bertz CT molecular complexity index is 130. The van der Waals surface area contributed by atoms with Gasteiger partial charge in [0.05, 0.1) is 6.04 Å². The zero-order valence-electron chi connectivity index (χ0n) is 7.69. The van der Waals surface area contributed by atoms with Crippen LogP contribution >= 0.6 is 0 Å². The van der Waals surface area contributed by atoms with E-state index in [2.05, 4.69) is 25.7 Å². The van der Waals surface area contributed by atoms with Crippen LogP contribution < -0.4 is 5.73 Å². The van der Waals surface area contributed by atoms with Gasteiger partial charge in [0.2, 0.25) is 0 Å². The van der Waals surface area contributed by atoms with Crippen LogP contribution in [0.4, 0.5) is 0 Å². The molecule has 0 heterocycles. The van der Waals surface area contributed by atoms with Crippen molar-refractivity contribution in [2.75, 3.05) is 0 Å². The van der Waals surface area contributed by atoms with Crippen molar-refractivity contribution in [1.82, 2.24) is 0 Å². The lowest BCUT2D eigenvalue weighted by atomic mass is 10.2. The molecule has 0 saturated carbocycles. The van der Waals surface area contributed by atoms with Crippen LogP contribution in [-0.2, 0) is 0 Å². The third-order valence-corrected chi connectivity index (χ3v) is 1.54. The summed E-state index contributed by atoms with van der Waals surface area (Å²) in [5.74, 6) is 6.14. The van der Waals surface area contributed by atoms with E-state index in [4.69, 9.17) is 5.73 Å². The Morgan fingerprint density at radius 3 is 2.55 bits per heavy atom. The summed E-state index contributed by atoms with van der Waals surface area (Å²) in [6.45, 7) is 4.31. The highest BCUT2D eigenvalue weighted by Gasteiger charge is 1.91. The lowest BCUT2D eigenvalue weighted by Gasteiger charge is -1.98. The van der Waals surface area contributed by atoms with Crippen LogP contribution in [0.2, 0.25) is 0 Å². The van der Waals surface area contributed by atoms with E-state index >= 15 is 0 Å². The van der Waals surface area contributed by atoms with Crippen molar-refractivity contribution >= 4 is 0 Å². The molecule has 0 aliphatic carbocycles. The van der Waals surface area contributed by atoms with Crippen molar-refractivity contribution in [1.29, 1.82) is 0 Å². The third-order valence-electron chi connectivity index (χ3n) is 1.54. The van der Waals surface area contributed by atoms with Crippen LogP contribution in [0.3, 0.4) is 0 Å². The fourth-order valence-corrected chi connectivity index (χ4v) is 0.852. The number of rotatable bonds is 4. The van der Waals surface area contributed by atoms with Crippen molar-refractivity contribution in [3.63, 3.8) is 0 Å². The molecule has 0 aromatic rings. The zero-order valence-corrected chi connectivity index (χ0v) is 7.69. The van der Waals surface area contributed by atoms with Gasteiger partial charge < -0.3 is 5.73 Å². The Balaban J connectivity index is 3.34. The van der Waals surface area contributed by atoms with Gasteiger partial charge in [-0.05, 0) is 12.8 Å². The molecule has 0 amide bonds. The first-order valence-corrected chi connectivity index (χ1v) is 4.55. The second kappa shape index (κ2) is 7.63. The molecule has 1 nitrogen and oxygen atoms in total. The van der Waals surface area contributed by atoms with Gasteiger partial charge in [0.15, 0.2) is 0 Å². The number of hydrogen-bond acceptors (Lipinski definition) is 1. The monoisotopic (exact) mass is 153 g/mol. The van der Waals surface area contributed by atoms with Gasteiger partial charge >= 0.3 is 0 Å². The second-order valence-corrected chi connectivity index (χ2v) is 2.82. The lowest BCUT2D eigenvalue weighted by Crippen LogP contribution is -2.16. The van der Waals surface area contributed by atoms with Gasteiger partial charge in [-0.15, -0.1) is 5.92 Å². The molecule has 64 valence electrons. The van der Waals surface area contributed by atoms with Gasteiger partial charge in [-0.25, -0.2) is 0 Å². The minimum atomic E-state index is 0.108. The van der Waals surface area contributed by atoms with Gasteiger partial charge in [0.1, 0.15) is 0 Å². The van der Waals surface area contributed by atoms with E-state index < -0.39 is 0 Å². The summed E-state index contributed by atoms with van der Waals surface area (Å²) in [7, 11) is 0. The summed E-state index contributed by atoms with van der Waals surface area (Å²) in [6.07, 6.45) is 5.58. The molecule has 1 heteroatoms. The van der Waals surface area contributed by atoms with Gasteiger partial charge in [-0.2, -0.15) is 0 Å². The average molecular weight is 153 g/mol. The van der Waals surface area contributed by atoms with Crippen molar-refractivity contribution in [2.45, 2.75) is 52.0 Å². The second-order valence-electron chi connectivity index (χ2n) is 2.82. The molecule has 0 aromatic heterocycles. The predicted octanol–water partition coefficient (Wildman–Crippen LogP) is 2.31. The molecule has 0 aliphatic rings. The molecule has 0 saturated heterocycles. The van der Waals surface area contributed by atoms with Crippen molar-refractivity contribution in [3.05, 3.63) is 0 Å². The van der Waals surface area contributed by atoms with Crippen LogP contribution in [0.1, 0.15) is 46.0 Å². The average Bonchev–Trinajstić information content (AvgIpc) is 1.99. The third kappa shape index (κ3) is 7.42. The fourth-order valence-electron chi connectivity index (χ4n) is 0.852. The van der Waals surface area contributed by atoms with Crippen LogP contribution in [0.15, 0.2) is 0 Å². The van der Waals surface area contributed by atoms with E-state index in [0.717, 1.165) is 19.3 Å². The fraction of sp³-hybridized carbons (Fsp3) is 0.800. The molecule has 0 rings (SSSR count). The Morgan fingerprint density at radius 1 is 1.27 bits per heavy atom. The Hall–Kier alpha value is -0.480. The van der Waals surface area contributed by atoms with E-state index in [9.17, 15) is 0 Å². The Labute approximate surface area is 70.4 Å². The van der Waals surface area contributed by atoms with Crippen molar-refractivity contribution in [2.24, 2.45) is 5.73 Å². The zero-order chi connectivity index (χ0) is 8.53. The lowest BCUT2D eigenvalue weighted by molar-refractivity contribution is 0.718. The SMILES string of the molecule is CCCCC#CC(N)CCC. The smallest absolute Gasteiger partial charge is 0.0664 e. The summed E-state index contributed by atoms with van der Waals surface area (Å²) in [4.78, 5) is 0. The largest absolute Gasteiger partial charge is 0.318 e. The summed E-state index contributed by atoms with van der Waals surface area (Å²) in [5, 5.41) is 0. The standard InChI is InChI=1S/C10H19N/c1-3-5-6-7-9-10(11)8-4-2/h10H,3-6,8,11H2,1-2H3. The first-order chi connectivity index (χ1) is 5.31. The quantitative estimate of drug-likeness (QED) is 0.487. The molecule has 2 N–H and O–H groups in total. The van der Waals surface area contributed by atoms with Crippen LogP contribution in [0, 0.1) is 11.8 Å². The molecule has 0 fully saturated rings. The highest BCUT2D eigenvalue weighted by Crippen LogP contribution is 1.93. The summed E-state index contributed by atoms with van der Waals surface area (Å²) < 4.78 is 0. The molecule has 0 spiro atoms. The van der Waals surface area contributed by atoms with E-state index in [-0.39, 0.29) is 6.04 Å². The Kier molecular flexibility index (Phi) is 7.29. The first kappa shape index (κ1) is 10.5. The molecule has 0 aliphatic heterocycles. The normalized spacial score (nSPS) is 11.9. The van der Waals surface area contributed by atoms with Crippen molar-refractivity contribution < 1.29 is 0 Å². The molecule has 0 aromatic carbocycles. The number of hydrogen-bond donors (Lipinski definition) is 1. The van der Waals surface area contributed by atoms with Gasteiger partial charge in [-0.1, -0.05) is 32.6 Å². The van der Waals surface area contributed by atoms with Crippen LogP contribution in [0.25, 0.3) is 0 Å². The van der Waals surface area contributed by atoms with E-state index in [1.165, 1.54) is 12.8 Å². The topological polar surface area (TPSA) is 26.0 Å². The van der Waals surface area contributed by atoms with Crippen LogP contribution in [0.5, 0.6) is 0 Å². The van der Waals surface area contributed by atoms with Gasteiger partial charge in [-0.3, -0.25) is 0 Å². The Morgan fingerprint density at radius 2 is 2.00 bits per heavy atom. The highest BCUT2D eigenvalue weighted by atomic mass is 14.6. The molecule has 0 radical (unpaired) electrons. The molecule has 1 atom stereocenters. The molecule has 1 unspecified atom stereocenters. The van der Waals surface area contributed by atoms with E-state index in [1.807, 2.05) is 0 Å². The summed E-state index contributed by atoms with van der Waals surface area (Å²) in [5.41, 5.74) is 5.69. The minimum Gasteiger partial charge on any atom is -0.318 e.